The maximum atomic E-state index is 13.8. The van der Waals surface area contributed by atoms with Gasteiger partial charge >= 0.3 is 17.9 Å². The molecule has 0 aliphatic rings. The molecule has 9 nitrogen and oxygen atoms in total. The third-order valence-electron chi connectivity index (χ3n) is 9.42. The molecule has 0 fully saturated rings. The van der Waals surface area contributed by atoms with Crippen LogP contribution >= 0.6 is 0 Å². The summed E-state index contributed by atoms with van der Waals surface area (Å²) in [5, 5.41) is 31.0. The van der Waals surface area contributed by atoms with Crippen molar-refractivity contribution >= 4 is 34.6 Å². The topological polar surface area (TPSA) is 150 Å². The van der Waals surface area contributed by atoms with E-state index in [1.165, 1.54) is 0 Å². The van der Waals surface area contributed by atoms with E-state index in [9.17, 15) is 30.2 Å². The number of rotatable bonds is 15. The molecule has 0 bridgehead atoms. The van der Waals surface area contributed by atoms with Crippen LogP contribution in [0.4, 0.5) is 0 Å². The van der Waals surface area contributed by atoms with Crippen molar-refractivity contribution in [2.24, 2.45) is 5.92 Å². The zero-order valence-electron chi connectivity index (χ0n) is 32.8. The number of esters is 3. The highest BCUT2D eigenvalue weighted by Crippen LogP contribution is 2.30. The summed E-state index contributed by atoms with van der Waals surface area (Å²) in [4.78, 5) is 41.5. The van der Waals surface area contributed by atoms with Crippen LogP contribution in [0.1, 0.15) is 33.4 Å². The fraction of sp³-hybridized carbons (Fsp3) is 0.0769. The molecule has 0 unspecified atom stereocenters. The Balaban J connectivity index is 1.33. The summed E-state index contributed by atoms with van der Waals surface area (Å²) in [5.41, 5.74) is 3.84. The maximum absolute atomic E-state index is 13.8. The van der Waals surface area contributed by atoms with Crippen LogP contribution in [0.2, 0.25) is 0 Å². The van der Waals surface area contributed by atoms with Crippen molar-refractivity contribution in [2.75, 3.05) is 19.8 Å². The Morgan fingerprint density at radius 2 is 0.525 bits per heavy atom. The number of ether oxygens (including phenoxy) is 3. The molecule has 0 amide bonds. The summed E-state index contributed by atoms with van der Waals surface area (Å²) in [6, 6.07) is 59.6. The van der Waals surface area contributed by atoms with Crippen LogP contribution in [-0.4, -0.2) is 37.7 Å². The number of hydrogen-bond acceptors (Lipinski definition) is 9. The lowest BCUT2D eigenvalue weighted by atomic mass is 9.93. The first kappa shape index (κ1) is 42.0. The average Bonchev–Trinajstić information content (AvgIpc) is 3.32. The minimum atomic E-state index is -1.01. The van der Waals surface area contributed by atoms with Gasteiger partial charge in [0, 0.05) is 16.7 Å². The molecule has 0 aliphatic heterocycles. The molecule has 6 aromatic carbocycles. The maximum Gasteiger partial charge on any atom is 0.349 e. The lowest BCUT2D eigenvalue weighted by Crippen LogP contribution is -2.27. The molecule has 0 spiro atoms. The van der Waals surface area contributed by atoms with Crippen molar-refractivity contribution in [1.29, 1.82) is 15.8 Å². The molecule has 9 heteroatoms. The molecular formula is C52H37N3O6. The molecule has 0 radical (unpaired) electrons. The SMILES string of the molecule is N#CC(C(=O)OCC(COC(=O)C(C#N)=C(c1ccccc1)c1ccccc1)COC(=O)C(C#N)=C(c1ccccc1)c1ccccc1)=C(c1ccccc1)c1ccccc1. The molecule has 0 heterocycles. The Kier molecular flexibility index (Phi) is 14.6. The quantitative estimate of drug-likeness (QED) is 0.0429. The number of nitriles is 3. The van der Waals surface area contributed by atoms with E-state index in [1.54, 1.807) is 146 Å². The molecule has 0 saturated carbocycles. The highest BCUT2D eigenvalue weighted by atomic mass is 16.6. The van der Waals surface area contributed by atoms with Gasteiger partial charge in [-0.2, -0.15) is 15.8 Å². The molecule has 0 aliphatic carbocycles. The molecule has 61 heavy (non-hydrogen) atoms. The molecule has 6 aromatic rings. The minimum Gasteiger partial charge on any atom is -0.461 e. The minimum absolute atomic E-state index is 0.278. The van der Waals surface area contributed by atoms with E-state index in [0.717, 1.165) is 0 Å². The average molecular weight is 800 g/mol. The monoisotopic (exact) mass is 799 g/mol. The van der Waals surface area contributed by atoms with Crippen molar-refractivity contribution in [3.05, 3.63) is 232 Å². The van der Waals surface area contributed by atoms with Crippen LogP contribution in [0.5, 0.6) is 0 Å². The van der Waals surface area contributed by atoms with E-state index >= 15 is 0 Å². The van der Waals surface area contributed by atoms with Crippen molar-refractivity contribution in [2.45, 2.75) is 0 Å². The van der Waals surface area contributed by atoms with Crippen LogP contribution in [0.25, 0.3) is 16.7 Å². The van der Waals surface area contributed by atoms with E-state index in [-0.39, 0.29) is 16.7 Å². The highest BCUT2D eigenvalue weighted by molar-refractivity contribution is 6.07. The number of benzene rings is 6. The van der Waals surface area contributed by atoms with E-state index in [0.29, 0.717) is 50.1 Å². The van der Waals surface area contributed by atoms with Crippen LogP contribution in [0.15, 0.2) is 199 Å². The van der Waals surface area contributed by atoms with Crippen molar-refractivity contribution in [3.63, 3.8) is 0 Å². The third-order valence-corrected chi connectivity index (χ3v) is 9.42. The lowest BCUT2D eigenvalue weighted by Gasteiger charge is -2.19. The van der Waals surface area contributed by atoms with Gasteiger partial charge < -0.3 is 14.2 Å². The lowest BCUT2D eigenvalue weighted by molar-refractivity contribution is -0.147. The van der Waals surface area contributed by atoms with Gasteiger partial charge in [-0.15, -0.1) is 0 Å². The van der Waals surface area contributed by atoms with E-state index in [4.69, 9.17) is 14.2 Å². The fourth-order valence-corrected chi connectivity index (χ4v) is 6.55. The summed E-state index contributed by atoms with van der Waals surface area (Å²) < 4.78 is 17.2. The van der Waals surface area contributed by atoms with Gasteiger partial charge in [0.25, 0.3) is 0 Å². The fourth-order valence-electron chi connectivity index (χ4n) is 6.55. The smallest absolute Gasteiger partial charge is 0.349 e. The first-order valence-corrected chi connectivity index (χ1v) is 19.2. The Labute approximate surface area is 353 Å². The van der Waals surface area contributed by atoms with E-state index in [2.05, 4.69) is 0 Å². The zero-order valence-corrected chi connectivity index (χ0v) is 32.8. The molecule has 0 saturated heterocycles. The van der Waals surface area contributed by atoms with Crippen LogP contribution in [-0.2, 0) is 28.6 Å². The number of carbonyl (C=O) groups excluding carboxylic acids is 3. The predicted octanol–water partition coefficient (Wildman–Crippen LogP) is 9.31. The second-order valence-corrected chi connectivity index (χ2v) is 13.4. The van der Waals surface area contributed by atoms with Gasteiger partial charge in [-0.1, -0.05) is 182 Å². The van der Waals surface area contributed by atoms with Gasteiger partial charge in [0.05, 0.1) is 5.92 Å². The first-order valence-electron chi connectivity index (χ1n) is 19.2. The summed E-state index contributed by atoms with van der Waals surface area (Å²) >= 11 is 0. The van der Waals surface area contributed by atoms with Gasteiger partial charge in [-0.05, 0) is 33.4 Å². The largest absolute Gasteiger partial charge is 0.461 e. The van der Waals surface area contributed by atoms with Gasteiger partial charge in [-0.3, -0.25) is 0 Å². The van der Waals surface area contributed by atoms with E-state index < -0.39 is 43.6 Å². The molecule has 0 atom stereocenters. The molecule has 0 N–H and O–H groups in total. The molecular weight excluding hydrogens is 763 g/mol. The number of nitrogens with zero attached hydrogens (tertiary/aromatic N) is 3. The van der Waals surface area contributed by atoms with Gasteiger partial charge in [0.2, 0.25) is 0 Å². The van der Waals surface area contributed by atoms with Crippen molar-refractivity contribution in [3.8, 4) is 18.2 Å². The highest BCUT2D eigenvalue weighted by Gasteiger charge is 2.27. The molecule has 296 valence electrons. The number of carbonyl (C=O) groups is 3. The Bertz CT molecular complexity index is 2270. The van der Waals surface area contributed by atoms with Gasteiger partial charge in [0.15, 0.2) is 0 Å². The number of hydrogen-bond donors (Lipinski definition) is 0. The van der Waals surface area contributed by atoms with Crippen LogP contribution in [0, 0.1) is 39.9 Å². The second kappa shape index (κ2) is 21.3. The summed E-state index contributed by atoms with van der Waals surface area (Å²) in [6.07, 6.45) is 0. The third kappa shape index (κ3) is 10.7. The molecule has 0 aromatic heterocycles. The van der Waals surface area contributed by atoms with Crippen molar-refractivity contribution in [1.82, 2.24) is 0 Å². The summed E-state index contributed by atoms with van der Waals surface area (Å²) in [6.45, 7) is -1.44. The normalized spacial score (nSPS) is 10.1. The second-order valence-electron chi connectivity index (χ2n) is 13.4. The van der Waals surface area contributed by atoms with Gasteiger partial charge in [-0.25, -0.2) is 14.4 Å². The van der Waals surface area contributed by atoms with Crippen molar-refractivity contribution < 1.29 is 28.6 Å². The van der Waals surface area contributed by atoms with Crippen LogP contribution < -0.4 is 0 Å². The Morgan fingerprint density at radius 3 is 0.689 bits per heavy atom. The van der Waals surface area contributed by atoms with Gasteiger partial charge in [0.1, 0.15) is 54.7 Å². The van der Waals surface area contributed by atoms with Crippen LogP contribution in [0.3, 0.4) is 0 Å². The standard InChI is InChI=1S/C52H37N3O6/c53-31-44(47(38-19-7-1-8-20-38)39-21-9-2-10-22-39)50(56)59-34-37(35-60-51(57)45(32-54)48(40-23-11-3-12-24-40)41-25-13-4-14-26-41)36-61-52(58)46(33-55)49(42-27-15-5-16-28-42)43-29-17-6-18-30-43/h1-30,37H,34-36H2. The summed E-state index contributed by atoms with van der Waals surface area (Å²) in [7, 11) is 0. The zero-order chi connectivity index (χ0) is 42.8. The first-order chi connectivity index (χ1) is 29.9. The van der Waals surface area contributed by atoms with E-state index in [1.807, 2.05) is 54.6 Å². The summed E-state index contributed by atoms with van der Waals surface area (Å²) in [5.74, 6) is -3.90. The predicted molar refractivity (Wildman–Crippen MR) is 230 cm³/mol. The Morgan fingerprint density at radius 1 is 0.344 bits per heavy atom. The molecule has 6 rings (SSSR count). The Hall–Kier alpha value is -8.58.